The van der Waals surface area contributed by atoms with E-state index in [1.54, 1.807) is 0 Å². The molecular formula is C14H21N3O3. The minimum atomic E-state index is -0.101. The normalized spacial score (nSPS) is 31.5. The van der Waals surface area contributed by atoms with Crippen LogP contribution in [0.4, 0.5) is 0 Å². The summed E-state index contributed by atoms with van der Waals surface area (Å²) in [5.41, 5.74) is 1.14. The Bertz CT molecular complexity index is 488. The fraction of sp³-hybridized carbons (Fsp3) is 0.714. The Labute approximate surface area is 118 Å². The number of carbonyl (C=O) groups excluding carboxylic acids is 1. The number of nitrogens with zero attached hydrogens (tertiary/aromatic N) is 3. The first-order valence-electron chi connectivity index (χ1n) is 7.17. The second-order valence-corrected chi connectivity index (χ2v) is 5.73. The molecular weight excluding hydrogens is 258 g/mol. The van der Waals surface area contributed by atoms with Crippen LogP contribution in [0, 0.1) is 6.92 Å². The zero-order valence-electron chi connectivity index (χ0n) is 12.0. The van der Waals surface area contributed by atoms with Crippen molar-refractivity contribution in [3.8, 4) is 0 Å². The molecule has 0 N–H and O–H groups in total. The van der Waals surface area contributed by atoms with Crippen LogP contribution >= 0.6 is 0 Å². The number of hydrogen-bond acceptors (Lipinski definition) is 5. The molecule has 2 fully saturated rings. The number of aromatic nitrogens is 2. The van der Waals surface area contributed by atoms with Crippen molar-refractivity contribution in [2.24, 2.45) is 0 Å². The van der Waals surface area contributed by atoms with Gasteiger partial charge >= 0.3 is 5.97 Å². The van der Waals surface area contributed by atoms with Gasteiger partial charge in [-0.15, -0.1) is 0 Å². The molecule has 3 atom stereocenters. The van der Waals surface area contributed by atoms with Crippen molar-refractivity contribution >= 4 is 5.97 Å². The van der Waals surface area contributed by atoms with Gasteiger partial charge in [-0.05, 0) is 19.4 Å². The summed E-state index contributed by atoms with van der Waals surface area (Å²) in [5.74, 6) is -0.0897. The van der Waals surface area contributed by atoms with Gasteiger partial charge in [0.15, 0.2) is 0 Å². The average Bonchev–Trinajstić information content (AvgIpc) is 2.96. The van der Waals surface area contributed by atoms with E-state index in [0.717, 1.165) is 31.6 Å². The number of aryl methyl sites for hydroxylation is 1. The molecule has 6 heteroatoms. The van der Waals surface area contributed by atoms with Crippen LogP contribution in [0.3, 0.4) is 0 Å². The Morgan fingerprint density at radius 2 is 2.35 bits per heavy atom. The van der Waals surface area contributed by atoms with E-state index in [9.17, 15) is 4.79 Å². The third-order valence-corrected chi connectivity index (χ3v) is 3.91. The highest BCUT2D eigenvalue weighted by atomic mass is 16.6. The number of hydrogen-bond donors (Lipinski definition) is 0. The fourth-order valence-electron chi connectivity index (χ4n) is 2.94. The maximum absolute atomic E-state index is 11.8. The van der Waals surface area contributed by atoms with E-state index in [1.165, 1.54) is 0 Å². The van der Waals surface area contributed by atoms with Gasteiger partial charge in [0.05, 0.1) is 25.5 Å². The lowest BCUT2D eigenvalue weighted by molar-refractivity contribution is -0.147. The standard InChI is InChI=1S/C14H21N3O3/c1-10-6-15-17(7-10)9-12-8-16(3-4-19-12)13-5-11(2)20-14(13)18/h6-7,11-13H,3-5,8-9H2,1-2H3/t11-,12+,13-/m1/s1. The highest BCUT2D eigenvalue weighted by Gasteiger charge is 2.38. The van der Waals surface area contributed by atoms with Gasteiger partial charge in [-0.1, -0.05) is 0 Å². The average molecular weight is 279 g/mol. The smallest absolute Gasteiger partial charge is 0.323 e. The molecule has 6 nitrogen and oxygen atoms in total. The summed E-state index contributed by atoms with van der Waals surface area (Å²) in [6.45, 7) is 6.90. The van der Waals surface area contributed by atoms with Crippen molar-refractivity contribution in [3.05, 3.63) is 18.0 Å². The van der Waals surface area contributed by atoms with Gasteiger partial charge in [-0.3, -0.25) is 14.4 Å². The highest BCUT2D eigenvalue weighted by Crippen LogP contribution is 2.22. The van der Waals surface area contributed by atoms with Crippen LogP contribution in [-0.2, 0) is 20.8 Å². The number of esters is 1. The second kappa shape index (κ2) is 5.54. The van der Waals surface area contributed by atoms with Gasteiger partial charge in [0, 0.05) is 25.7 Å². The molecule has 2 saturated heterocycles. The summed E-state index contributed by atoms with van der Waals surface area (Å²) in [6.07, 6.45) is 4.74. The summed E-state index contributed by atoms with van der Waals surface area (Å²) in [6, 6.07) is -0.101. The number of morpholine rings is 1. The molecule has 3 heterocycles. The Hall–Kier alpha value is -1.40. The van der Waals surface area contributed by atoms with Crippen LogP contribution in [-0.4, -0.2) is 58.6 Å². The fourth-order valence-corrected chi connectivity index (χ4v) is 2.94. The predicted molar refractivity (Wildman–Crippen MR) is 72.2 cm³/mol. The topological polar surface area (TPSA) is 56.6 Å². The number of rotatable bonds is 3. The van der Waals surface area contributed by atoms with Crippen molar-refractivity contribution < 1.29 is 14.3 Å². The third-order valence-electron chi connectivity index (χ3n) is 3.91. The van der Waals surface area contributed by atoms with E-state index in [-0.39, 0.29) is 24.2 Å². The molecule has 0 amide bonds. The molecule has 2 aliphatic heterocycles. The van der Waals surface area contributed by atoms with Crippen LogP contribution in [0.1, 0.15) is 18.9 Å². The van der Waals surface area contributed by atoms with Crippen LogP contribution in [0.2, 0.25) is 0 Å². The highest BCUT2D eigenvalue weighted by molar-refractivity contribution is 5.78. The first-order valence-corrected chi connectivity index (χ1v) is 7.17. The Morgan fingerprint density at radius 3 is 3.00 bits per heavy atom. The van der Waals surface area contributed by atoms with Gasteiger partial charge in [0.2, 0.25) is 0 Å². The molecule has 3 rings (SSSR count). The number of carbonyl (C=O) groups is 1. The van der Waals surface area contributed by atoms with Crippen molar-refractivity contribution in [1.82, 2.24) is 14.7 Å². The minimum absolute atomic E-state index is 0.0301. The minimum Gasteiger partial charge on any atom is -0.461 e. The Kier molecular flexibility index (Phi) is 3.76. The lowest BCUT2D eigenvalue weighted by Crippen LogP contribution is -2.50. The first-order chi connectivity index (χ1) is 9.61. The molecule has 0 spiro atoms. The van der Waals surface area contributed by atoms with Crippen molar-refractivity contribution in [2.75, 3.05) is 19.7 Å². The van der Waals surface area contributed by atoms with Gasteiger partial charge in [-0.25, -0.2) is 0 Å². The molecule has 110 valence electrons. The molecule has 1 aromatic heterocycles. The summed E-state index contributed by atoms with van der Waals surface area (Å²) in [5, 5.41) is 4.29. The lowest BCUT2D eigenvalue weighted by Gasteiger charge is -2.35. The molecule has 0 radical (unpaired) electrons. The first kappa shape index (κ1) is 13.6. The quantitative estimate of drug-likeness (QED) is 0.758. The molecule has 0 saturated carbocycles. The van der Waals surface area contributed by atoms with Gasteiger partial charge in [-0.2, -0.15) is 5.10 Å². The van der Waals surface area contributed by atoms with Crippen LogP contribution in [0.15, 0.2) is 12.4 Å². The third kappa shape index (κ3) is 2.86. The van der Waals surface area contributed by atoms with E-state index < -0.39 is 0 Å². The monoisotopic (exact) mass is 279 g/mol. The van der Waals surface area contributed by atoms with Crippen molar-refractivity contribution in [2.45, 2.75) is 45.1 Å². The Balaban J connectivity index is 1.60. The van der Waals surface area contributed by atoms with Crippen molar-refractivity contribution in [1.29, 1.82) is 0 Å². The molecule has 0 unspecified atom stereocenters. The van der Waals surface area contributed by atoms with Gasteiger partial charge in [0.25, 0.3) is 0 Å². The number of ether oxygens (including phenoxy) is 2. The SMILES string of the molecule is Cc1cnn(C[C@@H]2CN([C@@H]3C[C@@H](C)OC3=O)CCO2)c1. The zero-order valence-corrected chi connectivity index (χ0v) is 12.0. The molecule has 0 bridgehead atoms. The maximum Gasteiger partial charge on any atom is 0.323 e. The van der Waals surface area contributed by atoms with E-state index >= 15 is 0 Å². The van der Waals surface area contributed by atoms with E-state index in [4.69, 9.17) is 9.47 Å². The number of cyclic esters (lactones) is 1. The summed E-state index contributed by atoms with van der Waals surface area (Å²) in [4.78, 5) is 14.0. The Morgan fingerprint density at radius 1 is 1.50 bits per heavy atom. The lowest BCUT2D eigenvalue weighted by atomic mass is 10.1. The largest absolute Gasteiger partial charge is 0.461 e. The van der Waals surface area contributed by atoms with Crippen molar-refractivity contribution in [3.63, 3.8) is 0 Å². The maximum atomic E-state index is 11.8. The van der Waals surface area contributed by atoms with Crippen LogP contribution in [0.25, 0.3) is 0 Å². The molecule has 20 heavy (non-hydrogen) atoms. The van der Waals surface area contributed by atoms with Crippen LogP contribution in [0.5, 0.6) is 0 Å². The molecule has 2 aliphatic rings. The second-order valence-electron chi connectivity index (χ2n) is 5.73. The molecule has 0 aliphatic carbocycles. The van der Waals surface area contributed by atoms with Gasteiger partial charge < -0.3 is 9.47 Å². The summed E-state index contributed by atoms with van der Waals surface area (Å²) >= 11 is 0. The summed E-state index contributed by atoms with van der Waals surface area (Å²) < 4.78 is 12.9. The molecule has 0 aromatic carbocycles. The van der Waals surface area contributed by atoms with Crippen LogP contribution < -0.4 is 0 Å². The van der Waals surface area contributed by atoms with Gasteiger partial charge in [0.1, 0.15) is 12.1 Å². The van der Waals surface area contributed by atoms with E-state index in [2.05, 4.69) is 10.00 Å². The predicted octanol–water partition coefficient (Wildman–Crippen LogP) is 0.596. The van der Waals surface area contributed by atoms with E-state index in [0.29, 0.717) is 6.61 Å². The van der Waals surface area contributed by atoms with E-state index in [1.807, 2.05) is 30.9 Å². The summed E-state index contributed by atoms with van der Waals surface area (Å²) in [7, 11) is 0. The zero-order chi connectivity index (χ0) is 14.1. The molecule has 1 aromatic rings.